The van der Waals surface area contributed by atoms with Crippen molar-refractivity contribution in [3.05, 3.63) is 88.0 Å². The van der Waals surface area contributed by atoms with E-state index in [1.807, 2.05) is 31.2 Å². The summed E-state index contributed by atoms with van der Waals surface area (Å²) in [7, 11) is 1.75. The second kappa shape index (κ2) is 8.04. The highest BCUT2D eigenvalue weighted by molar-refractivity contribution is 6.30. The van der Waals surface area contributed by atoms with Crippen molar-refractivity contribution in [2.24, 2.45) is 7.05 Å². The summed E-state index contributed by atoms with van der Waals surface area (Å²) in [4.78, 5) is 15.9. The summed E-state index contributed by atoms with van der Waals surface area (Å²) in [6.45, 7) is 2.24. The lowest BCUT2D eigenvalue weighted by molar-refractivity contribution is 0.0652. The lowest BCUT2D eigenvalue weighted by atomic mass is 9.82. The molecule has 0 unspecified atom stereocenters. The maximum absolute atomic E-state index is 14.1. The minimum absolute atomic E-state index is 0.111. The minimum atomic E-state index is -0.863. The highest BCUT2D eigenvalue weighted by Crippen LogP contribution is 2.41. The maximum atomic E-state index is 14.1. The third-order valence-corrected chi connectivity index (χ3v) is 6.39. The molecule has 2 aromatic carbocycles. The van der Waals surface area contributed by atoms with Crippen molar-refractivity contribution in [2.75, 3.05) is 6.54 Å². The Labute approximate surface area is 192 Å². The van der Waals surface area contributed by atoms with E-state index in [9.17, 15) is 13.6 Å². The largest absolute Gasteiger partial charge is 0.328 e. The van der Waals surface area contributed by atoms with Gasteiger partial charge in [0.1, 0.15) is 16.7 Å². The predicted molar refractivity (Wildman–Crippen MR) is 115 cm³/mol. The molecule has 0 saturated carbocycles. The van der Waals surface area contributed by atoms with E-state index in [2.05, 4.69) is 20.5 Å². The van der Waals surface area contributed by atoms with Crippen molar-refractivity contribution < 1.29 is 13.6 Å². The number of amides is 1. The van der Waals surface area contributed by atoms with Crippen LogP contribution < -0.4 is 0 Å². The quantitative estimate of drug-likeness (QED) is 0.457. The summed E-state index contributed by atoms with van der Waals surface area (Å²) < 4.78 is 28.9. The fourth-order valence-electron chi connectivity index (χ4n) is 4.20. The molecule has 0 radical (unpaired) electrons. The van der Waals surface area contributed by atoms with Gasteiger partial charge in [-0.05, 0) is 35.4 Å². The first-order chi connectivity index (χ1) is 15.8. The first kappa shape index (κ1) is 21.2. The monoisotopic (exact) mass is 469 g/mol. The molecule has 0 aliphatic carbocycles. The van der Waals surface area contributed by atoms with E-state index in [-0.39, 0.29) is 23.5 Å². The lowest BCUT2D eigenvalue weighted by Crippen LogP contribution is -2.41. The third-order valence-electron chi connectivity index (χ3n) is 5.93. The zero-order valence-electron chi connectivity index (χ0n) is 17.7. The number of halogens is 3. The molecular formula is C22H18ClF2N7O. The average Bonchev–Trinajstić information content (AvgIpc) is 3.41. The van der Waals surface area contributed by atoms with Gasteiger partial charge >= 0.3 is 0 Å². The summed E-state index contributed by atoms with van der Waals surface area (Å²) >= 11 is 6.48. The van der Waals surface area contributed by atoms with Crippen LogP contribution in [0, 0.1) is 11.6 Å². The smallest absolute Gasteiger partial charge is 0.296 e. The van der Waals surface area contributed by atoms with Crippen LogP contribution in [0.2, 0.25) is 5.15 Å². The molecule has 1 aliphatic heterocycles. The van der Waals surface area contributed by atoms with E-state index < -0.39 is 17.5 Å². The van der Waals surface area contributed by atoms with Crippen molar-refractivity contribution in [3.63, 3.8) is 0 Å². The van der Waals surface area contributed by atoms with Crippen LogP contribution in [0.4, 0.5) is 8.78 Å². The van der Waals surface area contributed by atoms with Gasteiger partial charge in [0, 0.05) is 31.1 Å². The molecule has 2 aromatic heterocycles. The molecule has 1 amide bonds. The molecule has 5 rings (SSSR count). The number of rotatable bonds is 3. The average molecular weight is 470 g/mol. The van der Waals surface area contributed by atoms with E-state index in [0.717, 1.165) is 27.6 Å². The lowest BCUT2D eigenvalue weighted by Gasteiger charge is -2.39. The van der Waals surface area contributed by atoms with Crippen molar-refractivity contribution in [1.29, 1.82) is 0 Å². The van der Waals surface area contributed by atoms with Gasteiger partial charge in [-0.3, -0.25) is 9.48 Å². The summed E-state index contributed by atoms with van der Waals surface area (Å²) in [6, 6.07) is 10.6. The number of fused-ring (bicyclic) bond motifs is 1. The molecule has 0 spiro atoms. The molecule has 4 aromatic rings. The van der Waals surface area contributed by atoms with E-state index in [0.29, 0.717) is 17.8 Å². The highest BCUT2D eigenvalue weighted by atomic mass is 35.5. The molecule has 0 saturated heterocycles. The Morgan fingerprint density at radius 3 is 2.58 bits per heavy atom. The van der Waals surface area contributed by atoms with Crippen LogP contribution in [-0.2, 0) is 7.05 Å². The standard InChI is InChI=1S/C22H18ClF2N7O/c1-12-14-5-3-4-6-15(14)17(16-10-26-30(2)20(16)23)11-31(12)22(33)21-27-29-32(28-21)19-8-7-13(24)9-18(19)25/h3-10,12,17H,11H2,1-2H3/t12-,17-/m0/s1. The van der Waals surface area contributed by atoms with Crippen molar-refractivity contribution in [3.8, 4) is 5.69 Å². The molecule has 2 atom stereocenters. The molecule has 1 aliphatic rings. The first-order valence-electron chi connectivity index (χ1n) is 10.2. The van der Waals surface area contributed by atoms with Crippen molar-refractivity contribution in [2.45, 2.75) is 18.9 Å². The number of benzene rings is 2. The fourth-order valence-corrected chi connectivity index (χ4v) is 4.43. The number of tetrazole rings is 1. The molecule has 168 valence electrons. The van der Waals surface area contributed by atoms with E-state index in [1.54, 1.807) is 22.8 Å². The summed E-state index contributed by atoms with van der Waals surface area (Å²) in [6.07, 6.45) is 1.70. The molecule has 0 bridgehead atoms. The van der Waals surface area contributed by atoms with Gasteiger partial charge in [0.15, 0.2) is 5.82 Å². The molecule has 11 heteroatoms. The van der Waals surface area contributed by atoms with Crippen molar-refractivity contribution in [1.82, 2.24) is 34.9 Å². The maximum Gasteiger partial charge on any atom is 0.296 e. The Morgan fingerprint density at radius 2 is 1.88 bits per heavy atom. The summed E-state index contributed by atoms with van der Waals surface area (Å²) in [5.74, 6) is -2.45. The Hall–Kier alpha value is -3.66. The highest BCUT2D eigenvalue weighted by Gasteiger charge is 2.37. The van der Waals surface area contributed by atoms with Crippen LogP contribution in [0.15, 0.2) is 48.7 Å². The van der Waals surface area contributed by atoms with Crippen LogP contribution in [0.3, 0.4) is 0 Å². The second-order valence-electron chi connectivity index (χ2n) is 7.83. The van der Waals surface area contributed by atoms with Crippen LogP contribution in [0.25, 0.3) is 5.69 Å². The van der Waals surface area contributed by atoms with Gasteiger partial charge < -0.3 is 4.90 Å². The molecule has 3 heterocycles. The van der Waals surface area contributed by atoms with E-state index in [1.165, 1.54) is 6.07 Å². The van der Waals surface area contributed by atoms with Gasteiger partial charge in [0.05, 0.1) is 12.2 Å². The zero-order chi connectivity index (χ0) is 23.3. The number of carbonyl (C=O) groups is 1. The number of aromatic nitrogens is 6. The number of hydrogen-bond donors (Lipinski definition) is 0. The second-order valence-corrected chi connectivity index (χ2v) is 8.19. The first-order valence-corrected chi connectivity index (χ1v) is 10.6. The van der Waals surface area contributed by atoms with Gasteiger partial charge in [-0.15, -0.1) is 15.0 Å². The predicted octanol–water partition coefficient (Wildman–Crippen LogP) is 3.68. The zero-order valence-corrected chi connectivity index (χ0v) is 18.4. The van der Waals surface area contributed by atoms with Gasteiger partial charge in [0.2, 0.25) is 0 Å². The topological polar surface area (TPSA) is 81.7 Å². The number of hydrogen-bond acceptors (Lipinski definition) is 5. The Morgan fingerprint density at radius 1 is 1.12 bits per heavy atom. The fraction of sp³-hybridized carbons (Fsp3) is 0.227. The van der Waals surface area contributed by atoms with Crippen LogP contribution in [0.5, 0.6) is 0 Å². The summed E-state index contributed by atoms with van der Waals surface area (Å²) in [5, 5.41) is 16.4. The van der Waals surface area contributed by atoms with Gasteiger partial charge in [-0.1, -0.05) is 35.9 Å². The molecule has 8 nitrogen and oxygen atoms in total. The molecule has 0 N–H and O–H groups in total. The number of carbonyl (C=O) groups excluding carboxylic acids is 1. The third kappa shape index (κ3) is 3.56. The Bertz CT molecular complexity index is 1370. The van der Waals surface area contributed by atoms with Crippen molar-refractivity contribution >= 4 is 17.5 Å². The van der Waals surface area contributed by atoms with E-state index >= 15 is 0 Å². The molecular weight excluding hydrogens is 452 g/mol. The Kier molecular flexibility index (Phi) is 5.16. The molecule has 0 fully saturated rings. The van der Waals surface area contributed by atoms with Crippen LogP contribution in [0.1, 0.15) is 46.2 Å². The SMILES string of the molecule is C[C@H]1c2ccccc2[C@@H](c2cnn(C)c2Cl)CN1C(=O)c1nnn(-c2ccc(F)cc2F)n1. The van der Waals surface area contributed by atoms with Gasteiger partial charge in [-0.2, -0.15) is 5.10 Å². The normalized spacial score (nSPS) is 17.8. The van der Waals surface area contributed by atoms with Crippen LogP contribution >= 0.6 is 11.6 Å². The number of nitrogens with zero attached hydrogens (tertiary/aromatic N) is 7. The van der Waals surface area contributed by atoms with E-state index in [4.69, 9.17) is 11.6 Å². The van der Waals surface area contributed by atoms with Crippen LogP contribution in [-0.4, -0.2) is 47.3 Å². The van der Waals surface area contributed by atoms with Gasteiger partial charge in [0.25, 0.3) is 11.7 Å². The minimum Gasteiger partial charge on any atom is -0.328 e. The Balaban J connectivity index is 1.51. The molecule has 33 heavy (non-hydrogen) atoms. The number of aryl methyl sites for hydroxylation is 1. The summed E-state index contributed by atoms with van der Waals surface area (Å²) in [5.41, 5.74) is 2.73. The van der Waals surface area contributed by atoms with Gasteiger partial charge in [-0.25, -0.2) is 8.78 Å².